The summed E-state index contributed by atoms with van der Waals surface area (Å²) in [5.41, 5.74) is 4.56. The van der Waals surface area contributed by atoms with E-state index in [9.17, 15) is 24.9 Å². The lowest BCUT2D eigenvalue weighted by Crippen LogP contribution is -2.53. The lowest BCUT2D eigenvalue weighted by atomic mass is 9.85. The highest BCUT2D eigenvalue weighted by atomic mass is 16.5. The molecule has 2 aromatic rings. The standard InChI is InChI=1S/C33H48N2O6/c1-21-10-15-25(31-30(39)29(38)28(37)22(2)41-31)19-26(21)18-24-13-11-23(12-14-24)8-7-9-27(36)20-33(3,4)32(40)34-16-17-35(5)6/h10-15,19,22,28-31,37-39H,7-9,16-18,20H2,1-6H3,(H,34,40)/t22-,28-,29+,30-,31+/m1/s1. The number of amides is 1. The highest BCUT2D eigenvalue weighted by Crippen LogP contribution is 2.33. The molecule has 5 atom stereocenters. The Labute approximate surface area is 244 Å². The highest BCUT2D eigenvalue weighted by Gasteiger charge is 2.42. The fourth-order valence-corrected chi connectivity index (χ4v) is 5.21. The lowest BCUT2D eigenvalue weighted by Gasteiger charge is -2.39. The molecule has 1 fully saturated rings. The number of hydrogen-bond donors (Lipinski definition) is 4. The normalized spacial score (nSPS) is 23.0. The fourth-order valence-electron chi connectivity index (χ4n) is 5.21. The van der Waals surface area contributed by atoms with Gasteiger partial charge in [-0.15, -0.1) is 0 Å². The van der Waals surface area contributed by atoms with E-state index < -0.39 is 35.9 Å². The third-order valence-electron chi connectivity index (χ3n) is 7.99. The second-order valence-electron chi connectivity index (χ2n) is 12.4. The SMILES string of the molecule is Cc1ccc([C@@H]2O[C@H](C)[C@@H](O)[C@H](O)[C@H]2O)cc1Cc1ccc(CCCC(=O)CC(C)(C)C(=O)NCCN(C)C)cc1. The Balaban J connectivity index is 1.51. The molecule has 1 aliphatic rings. The van der Waals surface area contributed by atoms with Crippen molar-refractivity contribution >= 4 is 11.7 Å². The van der Waals surface area contributed by atoms with E-state index >= 15 is 0 Å². The molecule has 41 heavy (non-hydrogen) atoms. The van der Waals surface area contributed by atoms with E-state index in [1.165, 1.54) is 0 Å². The number of aryl methyl sites for hydroxylation is 2. The quantitative estimate of drug-likeness (QED) is 0.293. The van der Waals surface area contributed by atoms with Crippen LogP contribution >= 0.6 is 0 Å². The van der Waals surface area contributed by atoms with Crippen molar-refractivity contribution in [2.75, 3.05) is 27.2 Å². The van der Waals surface area contributed by atoms with Crippen LogP contribution in [-0.4, -0.2) is 83.5 Å². The molecule has 1 aliphatic heterocycles. The van der Waals surface area contributed by atoms with Gasteiger partial charge in [-0.25, -0.2) is 0 Å². The topological polar surface area (TPSA) is 119 Å². The number of nitrogens with one attached hydrogen (secondary N) is 1. The Morgan fingerprint density at radius 1 is 0.976 bits per heavy atom. The average molecular weight is 569 g/mol. The fraction of sp³-hybridized carbons (Fsp3) is 0.576. The summed E-state index contributed by atoms with van der Waals surface area (Å²) in [7, 11) is 3.91. The van der Waals surface area contributed by atoms with Gasteiger partial charge in [0.2, 0.25) is 5.91 Å². The first-order valence-electron chi connectivity index (χ1n) is 14.6. The second kappa shape index (κ2) is 14.5. The van der Waals surface area contributed by atoms with Crippen molar-refractivity contribution in [2.45, 2.75) is 90.3 Å². The molecule has 1 heterocycles. The van der Waals surface area contributed by atoms with E-state index in [0.717, 1.165) is 47.2 Å². The van der Waals surface area contributed by atoms with Crippen molar-refractivity contribution in [3.05, 3.63) is 70.3 Å². The van der Waals surface area contributed by atoms with Gasteiger partial charge >= 0.3 is 0 Å². The van der Waals surface area contributed by atoms with E-state index in [1.807, 2.05) is 58.0 Å². The molecule has 0 saturated carbocycles. The monoisotopic (exact) mass is 568 g/mol. The van der Waals surface area contributed by atoms with E-state index in [2.05, 4.69) is 29.6 Å². The van der Waals surface area contributed by atoms with Crippen molar-refractivity contribution in [3.8, 4) is 0 Å². The molecule has 0 aromatic heterocycles. The summed E-state index contributed by atoms with van der Waals surface area (Å²) in [6.07, 6.45) is -1.99. The molecule has 1 saturated heterocycles. The van der Waals surface area contributed by atoms with E-state index in [1.54, 1.807) is 6.92 Å². The van der Waals surface area contributed by atoms with Crippen molar-refractivity contribution < 1.29 is 29.6 Å². The Bertz CT molecular complexity index is 1160. The van der Waals surface area contributed by atoms with Crippen LogP contribution in [0.25, 0.3) is 0 Å². The zero-order chi connectivity index (χ0) is 30.3. The predicted molar refractivity (Wildman–Crippen MR) is 160 cm³/mol. The van der Waals surface area contributed by atoms with Gasteiger partial charge in [-0.3, -0.25) is 9.59 Å². The maximum absolute atomic E-state index is 12.6. The molecule has 0 radical (unpaired) electrons. The summed E-state index contributed by atoms with van der Waals surface area (Å²) < 4.78 is 5.84. The first-order chi connectivity index (χ1) is 19.3. The van der Waals surface area contributed by atoms with Gasteiger partial charge < -0.3 is 30.3 Å². The summed E-state index contributed by atoms with van der Waals surface area (Å²) in [5.74, 6) is 0.0191. The molecule has 0 unspecified atom stereocenters. The molecule has 0 aliphatic carbocycles. The van der Waals surface area contributed by atoms with Crippen LogP contribution in [0.1, 0.15) is 74.0 Å². The van der Waals surface area contributed by atoms with E-state index in [4.69, 9.17) is 4.74 Å². The van der Waals surface area contributed by atoms with Crippen LogP contribution in [0.15, 0.2) is 42.5 Å². The van der Waals surface area contributed by atoms with Gasteiger partial charge in [0.25, 0.3) is 0 Å². The van der Waals surface area contributed by atoms with Crippen LogP contribution in [0.2, 0.25) is 0 Å². The molecular weight excluding hydrogens is 520 g/mol. The number of carbonyl (C=O) groups is 2. The summed E-state index contributed by atoms with van der Waals surface area (Å²) in [6.45, 7) is 8.70. The molecule has 4 N–H and O–H groups in total. The van der Waals surface area contributed by atoms with Gasteiger partial charge in [0.1, 0.15) is 30.2 Å². The zero-order valence-corrected chi connectivity index (χ0v) is 25.4. The number of ether oxygens (including phenoxy) is 1. The van der Waals surface area contributed by atoms with Crippen molar-refractivity contribution in [2.24, 2.45) is 5.41 Å². The molecule has 8 nitrogen and oxygen atoms in total. The van der Waals surface area contributed by atoms with Crippen LogP contribution in [0.4, 0.5) is 0 Å². The zero-order valence-electron chi connectivity index (χ0n) is 25.4. The second-order valence-corrected chi connectivity index (χ2v) is 12.4. The van der Waals surface area contributed by atoms with Crippen LogP contribution in [0.5, 0.6) is 0 Å². The predicted octanol–water partition coefficient (Wildman–Crippen LogP) is 3.11. The minimum absolute atomic E-state index is 0.0857. The highest BCUT2D eigenvalue weighted by molar-refractivity contribution is 5.89. The number of aliphatic hydroxyl groups is 3. The van der Waals surface area contributed by atoms with Crippen LogP contribution in [0.3, 0.4) is 0 Å². The van der Waals surface area contributed by atoms with Crippen LogP contribution in [0, 0.1) is 12.3 Å². The summed E-state index contributed by atoms with van der Waals surface area (Å²) in [4.78, 5) is 27.1. The number of hydrogen-bond acceptors (Lipinski definition) is 7. The molecule has 2 aromatic carbocycles. The average Bonchev–Trinajstić information content (AvgIpc) is 2.91. The maximum atomic E-state index is 12.6. The Morgan fingerprint density at radius 2 is 1.63 bits per heavy atom. The maximum Gasteiger partial charge on any atom is 0.226 e. The molecule has 0 bridgehead atoms. The Kier molecular flexibility index (Phi) is 11.6. The molecule has 0 spiro atoms. The van der Waals surface area contributed by atoms with E-state index in [0.29, 0.717) is 19.4 Å². The first-order valence-corrected chi connectivity index (χ1v) is 14.6. The Hall–Kier alpha value is -2.62. The molecular formula is C33H48N2O6. The lowest BCUT2D eigenvalue weighted by molar-refractivity contribution is -0.219. The summed E-state index contributed by atoms with van der Waals surface area (Å²) >= 11 is 0. The Morgan fingerprint density at radius 3 is 2.29 bits per heavy atom. The van der Waals surface area contributed by atoms with Gasteiger partial charge in [-0.05, 0) is 75.0 Å². The number of rotatable bonds is 13. The third kappa shape index (κ3) is 9.18. The number of Topliss-reactive ketones (excluding diaryl/α,β-unsaturated/α-hetero) is 1. The summed E-state index contributed by atoms with van der Waals surface area (Å²) in [5, 5.41) is 33.7. The van der Waals surface area contributed by atoms with E-state index in [-0.39, 0.29) is 18.1 Å². The van der Waals surface area contributed by atoms with Gasteiger partial charge in [-0.2, -0.15) is 0 Å². The van der Waals surface area contributed by atoms with Crippen molar-refractivity contribution in [3.63, 3.8) is 0 Å². The smallest absolute Gasteiger partial charge is 0.226 e. The molecule has 8 heteroatoms. The largest absolute Gasteiger partial charge is 0.388 e. The number of aliphatic hydroxyl groups excluding tert-OH is 3. The van der Waals surface area contributed by atoms with Gasteiger partial charge in [0.05, 0.1) is 11.5 Å². The minimum atomic E-state index is -1.26. The first kappa shape index (κ1) is 32.9. The van der Waals surface area contributed by atoms with Crippen molar-refractivity contribution in [1.29, 1.82) is 0 Å². The van der Waals surface area contributed by atoms with Gasteiger partial charge in [0, 0.05) is 25.9 Å². The van der Waals surface area contributed by atoms with Gasteiger partial charge in [0.15, 0.2) is 0 Å². The molecule has 1 amide bonds. The number of ketones is 1. The van der Waals surface area contributed by atoms with Crippen molar-refractivity contribution in [1.82, 2.24) is 10.2 Å². The number of carbonyl (C=O) groups excluding carboxylic acids is 2. The number of benzene rings is 2. The van der Waals surface area contributed by atoms with Crippen LogP contribution < -0.4 is 5.32 Å². The van der Waals surface area contributed by atoms with Crippen LogP contribution in [-0.2, 0) is 27.2 Å². The third-order valence-corrected chi connectivity index (χ3v) is 7.99. The van der Waals surface area contributed by atoms with Gasteiger partial charge in [-0.1, -0.05) is 56.3 Å². The summed E-state index contributed by atoms with van der Waals surface area (Å²) in [6, 6.07) is 14.3. The number of likely N-dealkylation sites (N-methyl/N-ethyl adjacent to an activating group) is 1. The molecule has 226 valence electrons. The number of nitrogens with zero attached hydrogens (tertiary/aromatic N) is 1. The molecule has 3 rings (SSSR count). The minimum Gasteiger partial charge on any atom is -0.388 e.